The van der Waals surface area contributed by atoms with Crippen LogP contribution in [0.3, 0.4) is 0 Å². The van der Waals surface area contributed by atoms with Gasteiger partial charge in [-0.2, -0.15) is 13.2 Å². The molecule has 0 spiro atoms. The maximum Gasteiger partial charge on any atom is 0.419 e. The molecule has 0 saturated heterocycles. The fourth-order valence-corrected chi connectivity index (χ4v) is 2.06. The minimum Gasteiger partial charge on any atom is -0.491 e. The Balaban J connectivity index is 1.62. The summed E-state index contributed by atoms with van der Waals surface area (Å²) in [4.78, 5) is 14.9. The Kier molecular flexibility index (Phi) is 4.00. The van der Waals surface area contributed by atoms with Gasteiger partial charge in [0.15, 0.2) is 11.5 Å². The summed E-state index contributed by atoms with van der Waals surface area (Å²) in [5.41, 5.74) is 0.340. The van der Waals surface area contributed by atoms with E-state index in [4.69, 9.17) is 4.74 Å². The number of anilines is 1. The van der Waals surface area contributed by atoms with Crippen LogP contribution in [0.25, 0.3) is 11.2 Å². The van der Waals surface area contributed by atoms with Crippen LogP contribution in [0.15, 0.2) is 36.9 Å². The van der Waals surface area contributed by atoms with Crippen LogP contribution in [0, 0.1) is 0 Å². The van der Waals surface area contributed by atoms with E-state index in [2.05, 4.69) is 25.3 Å². The molecule has 9 heteroatoms. The molecule has 6 nitrogen and oxygen atoms in total. The number of ether oxygens (including phenoxy) is 1. The Morgan fingerprint density at radius 2 is 1.96 bits per heavy atom. The Labute approximate surface area is 128 Å². The van der Waals surface area contributed by atoms with E-state index in [1.807, 2.05) is 0 Å². The van der Waals surface area contributed by atoms with Crippen LogP contribution in [-0.2, 0) is 6.18 Å². The third-order valence-corrected chi connectivity index (χ3v) is 3.07. The van der Waals surface area contributed by atoms with E-state index < -0.39 is 11.7 Å². The summed E-state index contributed by atoms with van der Waals surface area (Å²) in [6.07, 6.45) is -1.61. The van der Waals surface area contributed by atoms with E-state index in [9.17, 15) is 13.2 Å². The molecule has 0 amide bonds. The van der Waals surface area contributed by atoms with Crippen molar-refractivity contribution in [1.82, 2.24) is 19.9 Å². The predicted molar refractivity (Wildman–Crippen MR) is 77.1 cm³/mol. The monoisotopic (exact) mass is 323 g/mol. The summed E-state index contributed by atoms with van der Waals surface area (Å²) < 4.78 is 43.7. The van der Waals surface area contributed by atoms with Crippen molar-refractivity contribution in [1.29, 1.82) is 0 Å². The normalized spacial score (nSPS) is 11.6. The number of H-pyrrole nitrogens is 1. The van der Waals surface area contributed by atoms with Crippen molar-refractivity contribution < 1.29 is 17.9 Å². The second-order valence-corrected chi connectivity index (χ2v) is 4.59. The van der Waals surface area contributed by atoms with Gasteiger partial charge in [-0.1, -0.05) is 12.1 Å². The van der Waals surface area contributed by atoms with Crippen molar-refractivity contribution in [3.05, 3.63) is 42.5 Å². The van der Waals surface area contributed by atoms with Crippen LogP contribution < -0.4 is 10.1 Å². The number of hydrogen-bond acceptors (Lipinski definition) is 5. The lowest BCUT2D eigenvalue weighted by atomic mass is 10.2. The average Bonchev–Trinajstić information content (AvgIpc) is 3.00. The van der Waals surface area contributed by atoms with Crippen LogP contribution >= 0.6 is 0 Å². The van der Waals surface area contributed by atoms with Gasteiger partial charge < -0.3 is 15.0 Å². The van der Waals surface area contributed by atoms with Gasteiger partial charge in [0.05, 0.1) is 18.4 Å². The van der Waals surface area contributed by atoms with E-state index in [1.165, 1.54) is 30.9 Å². The van der Waals surface area contributed by atoms with Crippen molar-refractivity contribution >= 4 is 17.0 Å². The number of rotatable bonds is 5. The summed E-state index contributed by atoms with van der Waals surface area (Å²) in [6.45, 7) is 0.323. The fourth-order valence-electron chi connectivity index (χ4n) is 2.06. The van der Waals surface area contributed by atoms with E-state index in [0.717, 1.165) is 6.07 Å². The van der Waals surface area contributed by atoms with Gasteiger partial charge in [0.2, 0.25) is 0 Å². The Hall–Kier alpha value is -2.84. The van der Waals surface area contributed by atoms with E-state index in [1.54, 1.807) is 0 Å². The second kappa shape index (κ2) is 6.11. The van der Waals surface area contributed by atoms with Crippen molar-refractivity contribution in [2.75, 3.05) is 18.5 Å². The first-order chi connectivity index (χ1) is 11.1. The smallest absolute Gasteiger partial charge is 0.419 e. The minimum absolute atomic E-state index is 0.0483. The zero-order valence-corrected chi connectivity index (χ0v) is 11.8. The highest BCUT2D eigenvalue weighted by Crippen LogP contribution is 2.35. The zero-order valence-electron chi connectivity index (χ0n) is 11.8. The molecule has 0 aliphatic heterocycles. The molecule has 2 heterocycles. The van der Waals surface area contributed by atoms with Gasteiger partial charge in [-0.3, -0.25) is 0 Å². The predicted octanol–water partition coefficient (Wildman–Crippen LogP) is 2.86. The molecule has 0 aliphatic rings. The molecule has 2 aromatic heterocycles. The maximum absolute atomic E-state index is 12.8. The lowest BCUT2D eigenvalue weighted by Gasteiger charge is -2.14. The summed E-state index contributed by atoms with van der Waals surface area (Å²) in [6, 6.07) is 5.10. The largest absolute Gasteiger partial charge is 0.491 e. The molecular weight excluding hydrogens is 311 g/mol. The van der Waals surface area contributed by atoms with Gasteiger partial charge in [0, 0.05) is 0 Å². The van der Waals surface area contributed by atoms with E-state index >= 15 is 0 Å². The third kappa shape index (κ3) is 3.33. The second-order valence-electron chi connectivity index (χ2n) is 4.59. The first-order valence-corrected chi connectivity index (χ1v) is 6.72. The molecule has 0 radical (unpaired) electrons. The highest BCUT2D eigenvalue weighted by atomic mass is 19.4. The Morgan fingerprint density at radius 1 is 1.13 bits per heavy atom. The fraction of sp³-hybridized carbons (Fsp3) is 0.214. The van der Waals surface area contributed by atoms with Crippen LogP contribution in [-0.4, -0.2) is 33.1 Å². The Bertz CT molecular complexity index is 802. The van der Waals surface area contributed by atoms with Gasteiger partial charge >= 0.3 is 6.18 Å². The molecule has 2 N–H and O–H groups in total. The van der Waals surface area contributed by atoms with E-state index in [-0.39, 0.29) is 18.9 Å². The van der Waals surface area contributed by atoms with Gasteiger partial charge in [0.25, 0.3) is 0 Å². The topological polar surface area (TPSA) is 75.7 Å². The van der Waals surface area contributed by atoms with Gasteiger partial charge in [-0.15, -0.1) is 0 Å². The number of aromatic nitrogens is 4. The molecule has 120 valence electrons. The molecule has 0 unspecified atom stereocenters. The number of para-hydroxylation sites is 1. The molecule has 3 rings (SSSR count). The summed E-state index contributed by atoms with van der Waals surface area (Å²) in [5, 5.41) is 2.97. The standard InChI is InChI=1S/C14H12F3N5O/c15-14(16,17)9-3-1-2-4-10(9)23-6-5-18-12-11-13(20-7-19-11)22-8-21-12/h1-4,7-8H,5-6H2,(H2,18,19,20,21,22). The number of nitrogens with one attached hydrogen (secondary N) is 2. The first-order valence-electron chi connectivity index (χ1n) is 6.72. The van der Waals surface area contributed by atoms with Gasteiger partial charge in [0.1, 0.15) is 24.2 Å². The molecule has 1 aromatic carbocycles. The van der Waals surface area contributed by atoms with Crippen molar-refractivity contribution in [3.8, 4) is 5.75 Å². The number of nitrogens with zero attached hydrogens (tertiary/aromatic N) is 3. The van der Waals surface area contributed by atoms with Crippen molar-refractivity contribution in [2.24, 2.45) is 0 Å². The quantitative estimate of drug-likeness (QED) is 0.706. The summed E-state index contributed by atoms with van der Waals surface area (Å²) in [7, 11) is 0. The van der Waals surface area contributed by atoms with Gasteiger partial charge in [-0.25, -0.2) is 15.0 Å². The number of hydrogen-bond donors (Lipinski definition) is 2. The lowest BCUT2D eigenvalue weighted by Crippen LogP contribution is -2.15. The molecule has 0 atom stereocenters. The number of imidazole rings is 1. The third-order valence-electron chi connectivity index (χ3n) is 3.07. The molecule has 0 saturated carbocycles. The number of benzene rings is 1. The molecule has 0 bridgehead atoms. The number of halogens is 3. The molecule has 23 heavy (non-hydrogen) atoms. The maximum atomic E-state index is 12.8. The highest BCUT2D eigenvalue weighted by molar-refractivity contribution is 5.81. The Morgan fingerprint density at radius 3 is 2.78 bits per heavy atom. The van der Waals surface area contributed by atoms with Crippen molar-refractivity contribution in [2.45, 2.75) is 6.18 Å². The van der Waals surface area contributed by atoms with Crippen molar-refractivity contribution in [3.63, 3.8) is 0 Å². The zero-order chi connectivity index (χ0) is 16.3. The van der Waals surface area contributed by atoms with E-state index in [0.29, 0.717) is 17.0 Å². The van der Waals surface area contributed by atoms with Crippen LogP contribution in [0.5, 0.6) is 5.75 Å². The summed E-state index contributed by atoms with van der Waals surface area (Å²) in [5.74, 6) is 0.316. The first kappa shape index (κ1) is 15.1. The van der Waals surface area contributed by atoms with Crippen LogP contribution in [0.1, 0.15) is 5.56 Å². The molecule has 0 fully saturated rings. The number of alkyl halides is 3. The number of aromatic amines is 1. The van der Waals surface area contributed by atoms with Gasteiger partial charge in [-0.05, 0) is 12.1 Å². The average molecular weight is 323 g/mol. The molecule has 0 aliphatic carbocycles. The number of fused-ring (bicyclic) bond motifs is 1. The molecule has 3 aromatic rings. The SMILES string of the molecule is FC(F)(F)c1ccccc1OCCNc1ncnc2nc[nH]c12. The molecular formula is C14H12F3N5O. The summed E-state index contributed by atoms with van der Waals surface area (Å²) >= 11 is 0. The lowest BCUT2D eigenvalue weighted by molar-refractivity contribution is -0.138. The highest BCUT2D eigenvalue weighted by Gasteiger charge is 2.33. The van der Waals surface area contributed by atoms with Crippen LogP contribution in [0.2, 0.25) is 0 Å². The minimum atomic E-state index is -4.45. The van der Waals surface area contributed by atoms with Crippen LogP contribution in [0.4, 0.5) is 19.0 Å².